The van der Waals surface area contributed by atoms with E-state index in [2.05, 4.69) is 20.2 Å². The Kier molecular flexibility index (Phi) is 5.58. The molecule has 1 N–H and O–H groups in total. The van der Waals surface area contributed by atoms with E-state index in [1.54, 1.807) is 12.4 Å². The number of carbonyl (C=O) groups is 1. The molecule has 1 aliphatic rings. The number of aromatic nitrogens is 2. The molecular formula is C22H22N4O2. The van der Waals surface area contributed by atoms with Crippen molar-refractivity contribution in [1.82, 2.24) is 9.97 Å². The van der Waals surface area contributed by atoms with E-state index in [1.807, 2.05) is 60.7 Å². The van der Waals surface area contributed by atoms with Crippen molar-refractivity contribution in [2.75, 3.05) is 36.5 Å². The standard InChI is InChI=1S/C22H22N4O2/c27-21(20(17-7-3-1-4-8-17)18-9-5-2-6-10-18)25-19-15-23-22(24-16-19)26-11-13-28-14-12-26/h1-10,15-16,20H,11-14H2,(H,25,27). The molecule has 1 fully saturated rings. The fraction of sp³-hybridized carbons (Fsp3) is 0.227. The molecule has 0 radical (unpaired) electrons. The zero-order valence-corrected chi connectivity index (χ0v) is 15.5. The number of nitrogens with one attached hydrogen (secondary N) is 1. The average Bonchev–Trinajstić information content (AvgIpc) is 2.77. The lowest BCUT2D eigenvalue weighted by atomic mass is 9.90. The van der Waals surface area contributed by atoms with Crippen LogP contribution in [0.1, 0.15) is 17.0 Å². The van der Waals surface area contributed by atoms with Gasteiger partial charge in [-0.05, 0) is 11.1 Å². The Morgan fingerprint density at radius 2 is 1.43 bits per heavy atom. The SMILES string of the molecule is O=C(Nc1cnc(N2CCOCC2)nc1)C(c1ccccc1)c1ccccc1. The maximum atomic E-state index is 13.1. The number of morpholine rings is 1. The van der Waals surface area contributed by atoms with Crippen LogP contribution in [0.25, 0.3) is 0 Å². The van der Waals surface area contributed by atoms with Crippen LogP contribution in [0.2, 0.25) is 0 Å². The van der Waals surface area contributed by atoms with Gasteiger partial charge in [0.05, 0.1) is 37.2 Å². The summed E-state index contributed by atoms with van der Waals surface area (Å²) in [5, 5.41) is 2.96. The highest BCUT2D eigenvalue weighted by molar-refractivity contribution is 5.98. The number of amides is 1. The summed E-state index contributed by atoms with van der Waals surface area (Å²) in [6.45, 7) is 2.90. The molecule has 3 aromatic rings. The van der Waals surface area contributed by atoms with Gasteiger partial charge in [-0.1, -0.05) is 60.7 Å². The number of benzene rings is 2. The van der Waals surface area contributed by atoms with Crippen LogP contribution in [0.5, 0.6) is 0 Å². The summed E-state index contributed by atoms with van der Waals surface area (Å²) < 4.78 is 5.35. The summed E-state index contributed by atoms with van der Waals surface area (Å²) in [7, 11) is 0. The number of hydrogen-bond donors (Lipinski definition) is 1. The van der Waals surface area contributed by atoms with Crippen LogP contribution < -0.4 is 10.2 Å². The first-order chi connectivity index (χ1) is 13.8. The van der Waals surface area contributed by atoms with Gasteiger partial charge in [0.25, 0.3) is 0 Å². The summed E-state index contributed by atoms with van der Waals surface area (Å²) >= 11 is 0. The first-order valence-electron chi connectivity index (χ1n) is 9.37. The van der Waals surface area contributed by atoms with Crippen LogP contribution in [-0.2, 0) is 9.53 Å². The van der Waals surface area contributed by atoms with Gasteiger partial charge in [-0.15, -0.1) is 0 Å². The van der Waals surface area contributed by atoms with Gasteiger partial charge in [0.1, 0.15) is 0 Å². The Balaban J connectivity index is 1.53. The van der Waals surface area contributed by atoms with Crippen molar-refractivity contribution in [3.8, 4) is 0 Å². The summed E-state index contributed by atoms with van der Waals surface area (Å²) in [6, 6.07) is 19.5. The predicted molar refractivity (Wildman–Crippen MR) is 108 cm³/mol. The Labute approximate surface area is 164 Å². The van der Waals surface area contributed by atoms with Crippen molar-refractivity contribution < 1.29 is 9.53 Å². The number of nitrogens with zero attached hydrogens (tertiary/aromatic N) is 3. The van der Waals surface area contributed by atoms with E-state index in [4.69, 9.17) is 4.74 Å². The Morgan fingerprint density at radius 1 is 0.893 bits per heavy atom. The second kappa shape index (κ2) is 8.63. The third kappa shape index (κ3) is 4.18. The van der Waals surface area contributed by atoms with Crippen molar-refractivity contribution in [2.45, 2.75) is 5.92 Å². The minimum Gasteiger partial charge on any atom is -0.378 e. The summed E-state index contributed by atoms with van der Waals surface area (Å²) in [5.74, 6) is 0.144. The zero-order valence-electron chi connectivity index (χ0n) is 15.5. The van der Waals surface area contributed by atoms with Crippen LogP contribution in [0, 0.1) is 0 Å². The quantitative estimate of drug-likeness (QED) is 0.743. The fourth-order valence-electron chi connectivity index (χ4n) is 3.31. The molecule has 0 atom stereocenters. The van der Waals surface area contributed by atoms with Crippen molar-refractivity contribution in [3.63, 3.8) is 0 Å². The molecule has 6 nitrogen and oxygen atoms in total. The molecule has 4 rings (SSSR count). The summed E-state index contributed by atoms with van der Waals surface area (Å²) in [6.07, 6.45) is 3.31. The Bertz CT molecular complexity index is 855. The first kappa shape index (κ1) is 18.1. The molecule has 0 spiro atoms. The minimum atomic E-state index is -0.402. The molecule has 0 unspecified atom stereocenters. The molecule has 1 aromatic heterocycles. The van der Waals surface area contributed by atoms with Crippen LogP contribution >= 0.6 is 0 Å². The van der Waals surface area contributed by atoms with Gasteiger partial charge in [0.15, 0.2) is 0 Å². The van der Waals surface area contributed by atoms with Gasteiger partial charge in [-0.25, -0.2) is 9.97 Å². The van der Waals surface area contributed by atoms with E-state index in [-0.39, 0.29) is 5.91 Å². The maximum absolute atomic E-state index is 13.1. The van der Waals surface area contributed by atoms with Gasteiger partial charge in [-0.3, -0.25) is 4.79 Å². The number of carbonyl (C=O) groups excluding carboxylic acids is 1. The number of rotatable bonds is 5. The largest absolute Gasteiger partial charge is 0.378 e. The molecule has 0 bridgehead atoms. The fourth-order valence-corrected chi connectivity index (χ4v) is 3.31. The van der Waals surface area contributed by atoms with Crippen LogP contribution in [0.4, 0.5) is 11.6 Å². The molecule has 1 amide bonds. The highest BCUT2D eigenvalue weighted by Crippen LogP contribution is 2.26. The molecule has 0 saturated carbocycles. The van der Waals surface area contributed by atoms with Crippen molar-refractivity contribution in [3.05, 3.63) is 84.2 Å². The normalized spacial score (nSPS) is 14.1. The number of hydrogen-bond acceptors (Lipinski definition) is 5. The van der Waals surface area contributed by atoms with Crippen LogP contribution in [0.15, 0.2) is 73.1 Å². The van der Waals surface area contributed by atoms with Gasteiger partial charge < -0.3 is 15.0 Å². The lowest BCUT2D eigenvalue weighted by Gasteiger charge is -2.26. The molecule has 1 aliphatic heterocycles. The highest BCUT2D eigenvalue weighted by Gasteiger charge is 2.23. The van der Waals surface area contributed by atoms with Crippen molar-refractivity contribution >= 4 is 17.5 Å². The molecular weight excluding hydrogens is 352 g/mol. The molecule has 28 heavy (non-hydrogen) atoms. The predicted octanol–water partition coefficient (Wildman–Crippen LogP) is 3.08. The van der Waals surface area contributed by atoms with Gasteiger partial charge >= 0.3 is 0 Å². The monoisotopic (exact) mass is 374 g/mol. The van der Waals surface area contributed by atoms with E-state index in [0.29, 0.717) is 24.8 Å². The minimum absolute atomic E-state index is 0.111. The molecule has 2 heterocycles. The first-order valence-corrected chi connectivity index (χ1v) is 9.37. The van der Waals surface area contributed by atoms with E-state index < -0.39 is 5.92 Å². The molecule has 0 aliphatic carbocycles. The lowest BCUT2D eigenvalue weighted by Crippen LogP contribution is -2.37. The summed E-state index contributed by atoms with van der Waals surface area (Å²) in [4.78, 5) is 24.0. The van der Waals surface area contributed by atoms with E-state index in [0.717, 1.165) is 24.2 Å². The van der Waals surface area contributed by atoms with E-state index in [9.17, 15) is 4.79 Å². The Morgan fingerprint density at radius 3 is 1.96 bits per heavy atom. The zero-order chi connectivity index (χ0) is 19.2. The molecule has 2 aromatic carbocycles. The van der Waals surface area contributed by atoms with Crippen LogP contribution in [-0.4, -0.2) is 42.2 Å². The third-order valence-corrected chi connectivity index (χ3v) is 4.73. The van der Waals surface area contributed by atoms with Gasteiger partial charge in [0, 0.05) is 13.1 Å². The van der Waals surface area contributed by atoms with Gasteiger partial charge in [-0.2, -0.15) is 0 Å². The third-order valence-electron chi connectivity index (χ3n) is 4.73. The molecule has 1 saturated heterocycles. The average molecular weight is 374 g/mol. The van der Waals surface area contributed by atoms with Crippen molar-refractivity contribution in [1.29, 1.82) is 0 Å². The van der Waals surface area contributed by atoms with Crippen molar-refractivity contribution in [2.24, 2.45) is 0 Å². The Hall–Kier alpha value is -3.25. The highest BCUT2D eigenvalue weighted by atomic mass is 16.5. The van der Waals surface area contributed by atoms with E-state index >= 15 is 0 Å². The summed E-state index contributed by atoms with van der Waals surface area (Å²) in [5.41, 5.74) is 2.47. The molecule has 6 heteroatoms. The second-order valence-electron chi connectivity index (χ2n) is 6.61. The number of anilines is 2. The number of ether oxygens (including phenoxy) is 1. The molecule has 142 valence electrons. The lowest BCUT2D eigenvalue weighted by molar-refractivity contribution is -0.116. The van der Waals surface area contributed by atoms with Crippen LogP contribution in [0.3, 0.4) is 0 Å². The van der Waals surface area contributed by atoms with Gasteiger partial charge in [0.2, 0.25) is 11.9 Å². The second-order valence-corrected chi connectivity index (χ2v) is 6.61. The smallest absolute Gasteiger partial charge is 0.236 e. The topological polar surface area (TPSA) is 67.4 Å². The van der Waals surface area contributed by atoms with E-state index in [1.165, 1.54) is 0 Å². The maximum Gasteiger partial charge on any atom is 0.236 e.